The second-order valence-electron chi connectivity index (χ2n) is 9.09. The molecule has 4 aliphatic carbocycles. The minimum atomic E-state index is -0.502. The molecule has 4 aliphatic rings. The molecule has 0 bridgehead atoms. The van der Waals surface area contributed by atoms with Gasteiger partial charge in [-0.1, -0.05) is 29.3 Å². The molecule has 4 rings (SSSR count). The van der Waals surface area contributed by atoms with Crippen LogP contribution >= 0.6 is 0 Å². The van der Waals surface area contributed by atoms with E-state index in [4.69, 9.17) is 0 Å². The molecule has 27 heavy (non-hydrogen) atoms. The van der Waals surface area contributed by atoms with Gasteiger partial charge in [-0.15, -0.1) is 0 Å². The fraction of sp³-hybridized carbons (Fsp3) is 0.737. The molecule has 0 aromatic carbocycles. The summed E-state index contributed by atoms with van der Waals surface area (Å²) in [4.78, 5) is 25.2. The summed E-state index contributed by atoms with van der Waals surface area (Å²) in [6.07, 6.45) is 3.84. The van der Waals surface area contributed by atoms with Crippen LogP contribution in [0.25, 0.3) is 0 Å². The largest absolute Gasteiger partial charge is 0.411 e. The Morgan fingerprint density at radius 1 is 0.926 bits per heavy atom. The van der Waals surface area contributed by atoms with Crippen molar-refractivity contribution >= 4 is 28.7 Å². The molecule has 0 heterocycles. The van der Waals surface area contributed by atoms with Gasteiger partial charge < -0.3 is 15.6 Å². The van der Waals surface area contributed by atoms with Crippen LogP contribution in [0.1, 0.15) is 52.4 Å². The first kappa shape index (κ1) is 18.1. The van der Waals surface area contributed by atoms with Crippen LogP contribution in [0.3, 0.4) is 0 Å². The Labute approximate surface area is 157 Å². The van der Waals surface area contributed by atoms with Crippen LogP contribution in [0, 0.1) is 34.5 Å². The number of rotatable bonds is 0. The van der Waals surface area contributed by atoms with Gasteiger partial charge in [-0.25, -0.2) is 0 Å². The molecule has 0 aromatic rings. The summed E-state index contributed by atoms with van der Waals surface area (Å²) in [5.41, 5.74) is -0.481. The Morgan fingerprint density at radius 3 is 2.26 bits per heavy atom. The SMILES string of the molecule is C[C@]12CCC3[C@@H](CC[C@@H]4/C(=N\O)C(=O)/C(=N\O)C[C@]34C)C1C/C(=N\O)C2=O. The highest BCUT2D eigenvalue weighted by Gasteiger charge is 2.63. The van der Waals surface area contributed by atoms with Crippen molar-refractivity contribution in [1.82, 2.24) is 0 Å². The number of fused-ring (bicyclic) bond motifs is 5. The summed E-state index contributed by atoms with van der Waals surface area (Å²) < 4.78 is 0. The zero-order valence-electron chi connectivity index (χ0n) is 15.6. The molecule has 0 radical (unpaired) electrons. The molecule has 2 unspecified atom stereocenters. The third-order valence-electron chi connectivity index (χ3n) is 8.17. The van der Waals surface area contributed by atoms with Crippen molar-refractivity contribution in [2.24, 2.45) is 50.0 Å². The van der Waals surface area contributed by atoms with E-state index in [9.17, 15) is 25.2 Å². The van der Waals surface area contributed by atoms with Crippen LogP contribution < -0.4 is 0 Å². The average Bonchev–Trinajstić information content (AvgIpc) is 2.92. The number of nitrogens with zero attached hydrogens (tertiary/aromatic N) is 3. The van der Waals surface area contributed by atoms with E-state index in [1.54, 1.807) is 0 Å². The fourth-order valence-electron chi connectivity index (χ4n) is 6.80. The summed E-state index contributed by atoms with van der Waals surface area (Å²) >= 11 is 0. The number of carbonyl (C=O) groups is 2. The van der Waals surface area contributed by atoms with Gasteiger partial charge in [-0.3, -0.25) is 9.59 Å². The molecule has 3 N–H and O–H groups in total. The first-order chi connectivity index (χ1) is 12.8. The van der Waals surface area contributed by atoms with Crippen LogP contribution in [0.5, 0.6) is 0 Å². The molecule has 8 nitrogen and oxygen atoms in total. The molecule has 0 spiro atoms. The van der Waals surface area contributed by atoms with E-state index in [-0.39, 0.29) is 52.0 Å². The first-order valence-corrected chi connectivity index (χ1v) is 9.55. The standard InChI is InChI=1S/C19H25N3O5/c1-18-6-5-10-9(12(18)7-13(20-25)17(18)24)3-4-11-15(22-27)16(23)14(21-26)8-19(10,11)2/h9-12,25-27H,3-8H2,1-2H3/b20-13+,21-14-,22-15+/t9-,10?,11-,12?,18+,19-/m1/s1. The zero-order chi connectivity index (χ0) is 19.6. The molecular formula is C19H25N3O5. The fourth-order valence-corrected chi connectivity index (χ4v) is 6.80. The number of oxime groups is 3. The van der Waals surface area contributed by atoms with E-state index in [0.29, 0.717) is 25.7 Å². The number of Topliss-reactive ketones (excluding diaryl/α,β-unsaturated/α-hetero) is 2. The van der Waals surface area contributed by atoms with Crippen LogP contribution in [0.4, 0.5) is 0 Å². The van der Waals surface area contributed by atoms with Crippen molar-refractivity contribution in [2.75, 3.05) is 0 Å². The molecular weight excluding hydrogens is 350 g/mol. The Hall–Kier alpha value is -2.25. The van der Waals surface area contributed by atoms with Gasteiger partial charge in [0.05, 0.1) is 0 Å². The smallest absolute Gasteiger partial charge is 0.228 e. The Balaban J connectivity index is 1.74. The first-order valence-electron chi connectivity index (χ1n) is 9.55. The van der Waals surface area contributed by atoms with Gasteiger partial charge in [0.25, 0.3) is 0 Å². The van der Waals surface area contributed by atoms with Gasteiger partial charge in [-0.05, 0) is 48.9 Å². The Kier molecular flexibility index (Phi) is 3.94. The Morgan fingerprint density at radius 2 is 1.63 bits per heavy atom. The summed E-state index contributed by atoms with van der Waals surface area (Å²) in [6, 6.07) is 0. The van der Waals surface area contributed by atoms with Gasteiger partial charge in [-0.2, -0.15) is 0 Å². The lowest BCUT2D eigenvalue weighted by molar-refractivity contribution is -0.132. The lowest BCUT2D eigenvalue weighted by Crippen LogP contribution is -2.58. The maximum absolute atomic E-state index is 12.7. The number of hydrogen-bond donors (Lipinski definition) is 3. The van der Waals surface area contributed by atoms with Crippen molar-refractivity contribution in [3.63, 3.8) is 0 Å². The maximum Gasteiger partial charge on any atom is 0.228 e. The van der Waals surface area contributed by atoms with Gasteiger partial charge in [0.2, 0.25) is 5.78 Å². The summed E-state index contributed by atoms with van der Waals surface area (Å²) in [7, 11) is 0. The highest BCUT2D eigenvalue weighted by Crippen LogP contribution is 2.64. The monoisotopic (exact) mass is 375 g/mol. The molecule has 4 fully saturated rings. The highest BCUT2D eigenvalue weighted by molar-refractivity contribution is 6.67. The predicted octanol–water partition coefficient (Wildman–Crippen LogP) is 2.49. The van der Waals surface area contributed by atoms with Gasteiger partial charge >= 0.3 is 0 Å². The van der Waals surface area contributed by atoms with Crippen molar-refractivity contribution in [3.05, 3.63) is 0 Å². The molecule has 0 saturated heterocycles. The van der Waals surface area contributed by atoms with E-state index in [2.05, 4.69) is 22.4 Å². The molecule has 6 atom stereocenters. The third-order valence-corrected chi connectivity index (χ3v) is 8.17. The minimum Gasteiger partial charge on any atom is -0.411 e. The number of hydrogen-bond acceptors (Lipinski definition) is 8. The predicted molar refractivity (Wildman–Crippen MR) is 95.6 cm³/mol. The molecule has 8 heteroatoms. The molecule has 4 saturated carbocycles. The van der Waals surface area contributed by atoms with E-state index in [0.717, 1.165) is 12.8 Å². The Bertz CT molecular complexity index is 803. The van der Waals surface area contributed by atoms with Crippen LogP contribution in [0.2, 0.25) is 0 Å². The van der Waals surface area contributed by atoms with Crippen molar-refractivity contribution in [2.45, 2.75) is 52.4 Å². The maximum atomic E-state index is 12.7. The van der Waals surface area contributed by atoms with Crippen LogP contribution in [-0.4, -0.2) is 44.3 Å². The van der Waals surface area contributed by atoms with E-state index in [1.165, 1.54) is 0 Å². The van der Waals surface area contributed by atoms with Crippen molar-refractivity contribution in [1.29, 1.82) is 0 Å². The average molecular weight is 375 g/mol. The molecule has 0 aliphatic heterocycles. The summed E-state index contributed by atoms with van der Waals surface area (Å²) in [6.45, 7) is 4.06. The minimum absolute atomic E-state index is 0.0376. The molecule has 0 aromatic heterocycles. The van der Waals surface area contributed by atoms with Crippen molar-refractivity contribution in [3.8, 4) is 0 Å². The highest BCUT2D eigenvalue weighted by atomic mass is 16.4. The van der Waals surface area contributed by atoms with Gasteiger partial charge in [0.1, 0.15) is 17.1 Å². The van der Waals surface area contributed by atoms with E-state index >= 15 is 0 Å². The lowest BCUT2D eigenvalue weighted by atomic mass is 9.45. The number of carbonyl (C=O) groups excluding carboxylic acids is 2. The van der Waals surface area contributed by atoms with Crippen LogP contribution in [-0.2, 0) is 9.59 Å². The van der Waals surface area contributed by atoms with E-state index in [1.807, 2.05) is 6.92 Å². The second-order valence-corrected chi connectivity index (χ2v) is 9.09. The summed E-state index contributed by atoms with van der Waals surface area (Å²) in [5.74, 6) is -0.145. The third kappa shape index (κ3) is 2.18. The lowest BCUT2D eigenvalue weighted by Gasteiger charge is -2.58. The number of ketones is 2. The molecule has 0 amide bonds. The zero-order valence-corrected chi connectivity index (χ0v) is 15.6. The van der Waals surface area contributed by atoms with Gasteiger partial charge in [0.15, 0.2) is 5.78 Å². The quantitative estimate of drug-likeness (QED) is 0.442. The molecule has 146 valence electrons. The van der Waals surface area contributed by atoms with Gasteiger partial charge in [0, 0.05) is 24.2 Å². The normalized spacial score (nSPS) is 48.6. The summed E-state index contributed by atoms with van der Waals surface area (Å²) in [5, 5.41) is 37.7. The topological polar surface area (TPSA) is 132 Å². The van der Waals surface area contributed by atoms with Crippen LogP contribution in [0.15, 0.2) is 15.5 Å². The van der Waals surface area contributed by atoms with E-state index < -0.39 is 11.2 Å². The second kappa shape index (κ2) is 5.87. The van der Waals surface area contributed by atoms with Crippen molar-refractivity contribution < 1.29 is 25.2 Å².